The van der Waals surface area contributed by atoms with Crippen molar-refractivity contribution in [2.75, 3.05) is 18.9 Å². The quantitative estimate of drug-likeness (QED) is 0.882. The summed E-state index contributed by atoms with van der Waals surface area (Å²) in [6, 6.07) is 9.27. The fourth-order valence-electron chi connectivity index (χ4n) is 1.99. The molecule has 0 atom stereocenters. The second-order valence-electron chi connectivity index (χ2n) is 6.13. The van der Waals surface area contributed by atoms with Gasteiger partial charge >= 0.3 is 0 Å². The summed E-state index contributed by atoms with van der Waals surface area (Å²) in [5.41, 5.74) is 1.58. The number of carbonyl (C=O) groups excluding carboxylic acids is 1. The van der Waals surface area contributed by atoms with Gasteiger partial charge in [0.25, 0.3) is 0 Å². The molecule has 1 aromatic heterocycles. The summed E-state index contributed by atoms with van der Waals surface area (Å²) < 4.78 is 1.71. The average molecular weight is 357 g/mol. The van der Waals surface area contributed by atoms with E-state index in [4.69, 9.17) is 11.6 Å². The van der Waals surface area contributed by atoms with Crippen LogP contribution in [0.2, 0.25) is 5.02 Å². The molecule has 2 rings (SSSR count). The van der Waals surface area contributed by atoms with E-state index in [1.54, 1.807) is 17.8 Å². The van der Waals surface area contributed by atoms with E-state index in [0.29, 0.717) is 10.8 Å². The highest BCUT2D eigenvalue weighted by Gasteiger charge is 2.21. The van der Waals surface area contributed by atoms with Crippen molar-refractivity contribution in [3.8, 4) is 5.69 Å². The average Bonchev–Trinajstić information content (AvgIpc) is 2.82. The van der Waals surface area contributed by atoms with Crippen molar-refractivity contribution in [3.63, 3.8) is 0 Å². The van der Waals surface area contributed by atoms with Crippen LogP contribution in [0.3, 0.4) is 0 Å². The molecular weight excluding hydrogens is 335 g/mol. The van der Waals surface area contributed by atoms with Gasteiger partial charge in [0.15, 0.2) is 0 Å². The Balaban J connectivity index is 0.00000264. The van der Waals surface area contributed by atoms with Gasteiger partial charge in [-0.15, -0.1) is 12.4 Å². The van der Waals surface area contributed by atoms with E-state index in [1.165, 1.54) is 0 Å². The number of amides is 1. The SMILES string of the molecule is CNCC(=O)Nc1cc(C(C)(C)C)nn1-c1cccc(Cl)c1.Cl. The maximum atomic E-state index is 11.9. The van der Waals surface area contributed by atoms with Gasteiger partial charge in [-0.1, -0.05) is 38.4 Å². The number of nitrogens with one attached hydrogen (secondary N) is 2. The Morgan fingerprint density at radius 3 is 2.57 bits per heavy atom. The number of benzene rings is 1. The fourth-order valence-corrected chi connectivity index (χ4v) is 2.17. The molecule has 0 saturated heterocycles. The Labute approximate surface area is 147 Å². The molecule has 0 aliphatic rings. The lowest BCUT2D eigenvalue weighted by molar-refractivity contribution is -0.115. The van der Waals surface area contributed by atoms with Crippen LogP contribution in [-0.4, -0.2) is 29.3 Å². The van der Waals surface area contributed by atoms with Crippen LogP contribution in [0.5, 0.6) is 0 Å². The van der Waals surface area contributed by atoms with Gasteiger partial charge in [-0.2, -0.15) is 5.10 Å². The maximum absolute atomic E-state index is 11.9. The Morgan fingerprint density at radius 1 is 1.30 bits per heavy atom. The molecule has 2 aromatic rings. The van der Waals surface area contributed by atoms with E-state index in [2.05, 4.69) is 36.5 Å². The summed E-state index contributed by atoms with van der Waals surface area (Å²) >= 11 is 6.06. The summed E-state index contributed by atoms with van der Waals surface area (Å²) in [4.78, 5) is 11.9. The smallest absolute Gasteiger partial charge is 0.239 e. The van der Waals surface area contributed by atoms with Gasteiger partial charge in [0.1, 0.15) is 5.82 Å². The van der Waals surface area contributed by atoms with Gasteiger partial charge in [0.05, 0.1) is 17.9 Å². The van der Waals surface area contributed by atoms with Crippen LogP contribution in [0.1, 0.15) is 26.5 Å². The van der Waals surface area contributed by atoms with E-state index in [9.17, 15) is 4.79 Å². The minimum Gasteiger partial charge on any atom is -0.311 e. The highest BCUT2D eigenvalue weighted by Crippen LogP contribution is 2.27. The van der Waals surface area contributed by atoms with E-state index in [-0.39, 0.29) is 30.3 Å². The van der Waals surface area contributed by atoms with Crippen LogP contribution in [0.4, 0.5) is 5.82 Å². The third-order valence-corrected chi connectivity index (χ3v) is 3.37. The number of hydrogen-bond donors (Lipinski definition) is 2. The van der Waals surface area contributed by atoms with Crippen molar-refractivity contribution >= 4 is 35.7 Å². The zero-order chi connectivity index (χ0) is 16.3. The van der Waals surface area contributed by atoms with Crippen molar-refractivity contribution in [1.29, 1.82) is 0 Å². The number of carbonyl (C=O) groups is 1. The Hall–Kier alpha value is -1.56. The molecule has 1 heterocycles. The summed E-state index contributed by atoms with van der Waals surface area (Å²) in [5.74, 6) is 0.513. The van der Waals surface area contributed by atoms with Crippen molar-refractivity contribution in [2.45, 2.75) is 26.2 Å². The second kappa shape index (κ2) is 7.81. The molecule has 126 valence electrons. The van der Waals surface area contributed by atoms with Gasteiger partial charge < -0.3 is 10.6 Å². The number of aromatic nitrogens is 2. The predicted octanol–water partition coefficient (Wildman–Crippen LogP) is 3.40. The molecule has 0 unspecified atom stereocenters. The number of anilines is 1. The summed E-state index contributed by atoms with van der Waals surface area (Å²) in [6.07, 6.45) is 0. The molecule has 1 aromatic carbocycles. The highest BCUT2D eigenvalue weighted by atomic mass is 35.5. The monoisotopic (exact) mass is 356 g/mol. The molecule has 0 radical (unpaired) electrons. The van der Waals surface area contributed by atoms with Crippen LogP contribution in [-0.2, 0) is 10.2 Å². The Morgan fingerprint density at radius 2 is 2.00 bits per heavy atom. The van der Waals surface area contributed by atoms with E-state index < -0.39 is 0 Å². The lowest BCUT2D eigenvalue weighted by Crippen LogP contribution is -2.26. The molecule has 0 fully saturated rings. The third kappa shape index (κ3) is 4.96. The molecule has 0 bridgehead atoms. The first kappa shape index (κ1) is 19.5. The van der Waals surface area contributed by atoms with E-state index in [1.807, 2.05) is 24.3 Å². The Bertz CT molecular complexity index is 677. The molecule has 0 aliphatic carbocycles. The first-order valence-electron chi connectivity index (χ1n) is 7.12. The largest absolute Gasteiger partial charge is 0.311 e. The van der Waals surface area contributed by atoms with Gasteiger partial charge in [0, 0.05) is 16.5 Å². The van der Waals surface area contributed by atoms with Crippen molar-refractivity contribution in [2.24, 2.45) is 0 Å². The van der Waals surface area contributed by atoms with E-state index >= 15 is 0 Å². The van der Waals surface area contributed by atoms with Crippen molar-refractivity contribution in [1.82, 2.24) is 15.1 Å². The topological polar surface area (TPSA) is 59.0 Å². The van der Waals surface area contributed by atoms with Crippen LogP contribution in [0.25, 0.3) is 5.69 Å². The number of likely N-dealkylation sites (N-methyl/N-ethyl adjacent to an activating group) is 1. The minimum absolute atomic E-state index is 0. The van der Waals surface area contributed by atoms with Crippen LogP contribution in [0.15, 0.2) is 30.3 Å². The fraction of sp³-hybridized carbons (Fsp3) is 0.375. The molecule has 0 aliphatic heterocycles. The lowest BCUT2D eigenvalue weighted by Gasteiger charge is -2.14. The normalized spacial score (nSPS) is 11.0. The third-order valence-electron chi connectivity index (χ3n) is 3.14. The van der Waals surface area contributed by atoms with E-state index in [0.717, 1.165) is 11.4 Å². The molecule has 2 N–H and O–H groups in total. The van der Waals surface area contributed by atoms with Crippen LogP contribution >= 0.6 is 24.0 Å². The zero-order valence-corrected chi connectivity index (χ0v) is 15.3. The van der Waals surface area contributed by atoms with Gasteiger partial charge in [-0.25, -0.2) is 4.68 Å². The van der Waals surface area contributed by atoms with Crippen molar-refractivity contribution in [3.05, 3.63) is 41.0 Å². The summed E-state index contributed by atoms with van der Waals surface area (Å²) in [5, 5.41) is 11.0. The van der Waals surface area contributed by atoms with Gasteiger partial charge in [-0.3, -0.25) is 4.79 Å². The molecule has 0 spiro atoms. The molecule has 0 saturated carbocycles. The molecular formula is C16H22Cl2N4O. The Kier molecular flexibility index (Phi) is 6.62. The second-order valence-corrected chi connectivity index (χ2v) is 6.57. The van der Waals surface area contributed by atoms with Crippen molar-refractivity contribution < 1.29 is 4.79 Å². The van der Waals surface area contributed by atoms with Crippen LogP contribution < -0.4 is 10.6 Å². The maximum Gasteiger partial charge on any atom is 0.239 e. The van der Waals surface area contributed by atoms with Gasteiger partial charge in [0.2, 0.25) is 5.91 Å². The number of halogens is 2. The molecule has 7 heteroatoms. The highest BCUT2D eigenvalue weighted by molar-refractivity contribution is 6.30. The zero-order valence-electron chi connectivity index (χ0n) is 13.7. The summed E-state index contributed by atoms with van der Waals surface area (Å²) in [6.45, 7) is 6.48. The lowest BCUT2D eigenvalue weighted by atomic mass is 9.92. The van der Waals surface area contributed by atoms with Gasteiger partial charge in [-0.05, 0) is 25.2 Å². The molecule has 5 nitrogen and oxygen atoms in total. The summed E-state index contributed by atoms with van der Waals surface area (Å²) in [7, 11) is 1.73. The standard InChI is InChI=1S/C16H21ClN4O.ClH/c1-16(2,3)13-9-14(19-15(22)10-18-4)21(20-13)12-7-5-6-11(17)8-12;/h5-9,18H,10H2,1-4H3,(H,19,22);1H. The first-order chi connectivity index (χ1) is 10.3. The molecule has 1 amide bonds. The number of rotatable bonds is 4. The number of hydrogen-bond acceptors (Lipinski definition) is 3. The minimum atomic E-state index is -0.119. The molecule has 23 heavy (non-hydrogen) atoms. The predicted molar refractivity (Wildman–Crippen MR) is 97.1 cm³/mol. The first-order valence-corrected chi connectivity index (χ1v) is 7.50. The number of nitrogens with zero attached hydrogens (tertiary/aromatic N) is 2. The van der Waals surface area contributed by atoms with Crippen LogP contribution in [0, 0.1) is 0 Å².